The van der Waals surface area contributed by atoms with E-state index in [0.717, 1.165) is 25.1 Å². The molecule has 1 aromatic rings. The van der Waals surface area contributed by atoms with Crippen molar-refractivity contribution in [2.24, 2.45) is 0 Å². The molecule has 108 valence electrons. The maximum Gasteiger partial charge on any atom is 0.271 e. The van der Waals surface area contributed by atoms with E-state index in [4.69, 9.17) is 0 Å². The van der Waals surface area contributed by atoms with Gasteiger partial charge in [0.1, 0.15) is 0 Å². The fourth-order valence-corrected chi connectivity index (χ4v) is 2.63. The van der Waals surface area contributed by atoms with Crippen LogP contribution in [0, 0.1) is 10.1 Å². The maximum atomic E-state index is 11.3. The monoisotopic (exact) mass is 277 g/mol. The van der Waals surface area contributed by atoms with Crippen LogP contribution in [0.1, 0.15) is 33.1 Å². The zero-order valence-corrected chi connectivity index (χ0v) is 11.8. The molecule has 1 amide bonds. The van der Waals surface area contributed by atoms with Crippen molar-refractivity contribution in [1.82, 2.24) is 0 Å². The van der Waals surface area contributed by atoms with E-state index in [1.807, 2.05) is 0 Å². The van der Waals surface area contributed by atoms with Gasteiger partial charge in [0.15, 0.2) is 0 Å². The highest BCUT2D eigenvalue weighted by molar-refractivity contribution is 5.93. The molecule has 0 bridgehead atoms. The third kappa shape index (κ3) is 3.07. The number of nitro groups is 1. The highest BCUT2D eigenvalue weighted by Crippen LogP contribution is 2.34. The van der Waals surface area contributed by atoms with Gasteiger partial charge in [-0.05, 0) is 32.3 Å². The Labute approximate surface area is 117 Å². The number of piperidine rings is 1. The Balaban J connectivity index is 2.39. The van der Waals surface area contributed by atoms with Crippen molar-refractivity contribution in [3.8, 4) is 0 Å². The van der Waals surface area contributed by atoms with E-state index in [0.29, 0.717) is 11.7 Å². The van der Waals surface area contributed by atoms with Gasteiger partial charge in [0.2, 0.25) is 5.91 Å². The summed E-state index contributed by atoms with van der Waals surface area (Å²) in [6.07, 6.45) is 3.39. The molecule has 1 N–H and O–H groups in total. The molecule has 1 saturated heterocycles. The standard InChI is InChI=1S/C14H19N3O3/c1-10-5-3-4-8-16(10)14-7-6-12(17(19)20)9-13(14)15-11(2)18/h6-7,9-10H,3-5,8H2,1-2H3,(H,15,18). The summed E-state index contributed by atoms with van der Waals surface area (Å²) < 4.78 is 0. The molecular formula is C14H19N3O3. The Kier molecular flexibility index (Phi) is 4.22. The van der Waals surface area contributed by atoms with Crippen molar-refractivity contribution in [1.29, 1.82) is 0 Å². The first kappa shape index (κ1) is 14.3. The van der Waals surface area contributed by atoms with E-state index in [2.05, 4.69) is 17.1 Å². The molecule has 0 spiro atoms. The topological polar surface area (TPSA) is 75.5 Å². The van der Waals surface area contributed by atoms with E-state index in [-0.39, 0.29) is 11.6 Å². The lowest BCUT2D eigenvalue weighted by molar-refractivity contribution is -0.384. The number of nitrogens with zero attached hydrogens (tertiary/aromatic N) is 2. The largest absolute Gasteiger partial charge is 0.367 e. The second kappa shape index (κ2) is 5.90. The number of non-ortho nitro benzene ring substituents is 1. The average Bonchev–Trinajstić information content (AvgIpc) is 2.39. The summed E-state index contributed by atoms with van der Waals surface area (Å²) in [6, 6.07) is 5.02. The molecule has 1 aliphatic rings. The van der Waals surface area contributed by atoms with E-state index < -0.39 is 4.92 Å². The zero-order valence-electron chi connectivity index (χ0n) is 11.8. The predicted octanol–water partition coefficient (Wildman–Crippen LogP) is 2.93. The van der Waals surface area contributed by atoms with E-state index in [9.17, 15) is 14.9 Å². The molecule has 6 nitrogen and oxygen atoms in total. The fraction of sp³-hybridized carbons (Fsp3) is 0.500. The fourth-order valence-electron chi connectivity index (χ4n) is 2.63. The smallest absolute Gasteiger partial charge is 0.271 e. The summed E-state index contributed by atoms with van der Waals surface area (Å²) in [5.41, 5.74) is 1.36. The van der Waals surface area contributed by atoms with Gasteiger partial charge >= 0.3 is 0 Å². The number of nitro benzene ring substituents is 1. The second-order valence-corrected chi connectivity index (χ2v) is 5.18. The van der Waals surface area contributed by atoms with Crippen LogP contribution in [0.3, 0.4) is 0 Å². The van der Waals surface area contributed by atoms with Gasteiger partial charge in [-0.25, -0.2) is 0 Å². The molecule has 0 aliphatic carbocycles. The Morgan fingerprint density at radius 3 is 2.80 bits per heavy atom. The van der Waals surface area contributed by atoms with Gasteiger partial charge in [-0.2, -0.15) is 0 Å². The van der Waals surface area contributed by atoms with Crippen LogP contribution in [0.4, 0.5) is 17.1 Å². The molecule has 1 unspecified atom stereocenters. The van der Waals surface area contributed by atoms with E-state index in [1.54, 1.807) is 6.07 Å². The molecule has 0 aromatic heterocycles. The van der Waals surface area contributed by atoms with Crippen LogP contribution in [-0.4, -0.2) is 23.4 Å². The Morgan fingerprint density at radius 2 is 2.20 bits per heavy atom. The number of anilines is 2. The van der Waals surface area contributed by atoms with Crippen LogP contribution in [0.5, 0.6) is 0 Å². The molecule has 1 heterocycles. The molecule has 1 aromatic carbocycles. The molecule has 20 heavy (non-hydrogen) atoms. The third-order valence-electron chi connectivity index (χ3n) is 3.61. The summed E-state index contributed by atoms with van der Waals surface area (Å²) in [6.45, 7) is 4.45. The van der Waals surface area contributed by atoms with Crippen LogP contribution in [0.15, 0.2) is 18.2 Å². The maximum absolute atomic E-state index is 11.3. The summed E-state index contributed by atoms with van der Waals surface area (Å²) in [4.78, 5) is 23.9. The summed E-state index contributed by atoms with van der Waals surface area (Å²) in [7, 11) is 0. The number of carbonyl (C=O) groups is 1. The van der Waals surface area contributed by atoms with Crippen molar-refractivity contribution >= 4 is 23.0 Å². The van der Waals surface area contributed by atoms with Crippen molar-refractivity contribution in [3.63, 3.8) is 0 Å². The van der Waals surface area contributed by atoms with E-state index >= 15 is 0 Å². The minimum Gasteiger partial charge on any atom is -0.367 e. The molecule has 0 saturated carbocycles. The molecule has 1 fully saturated rings. The molecule has 0 radical (unpaired) electrons. The van der Waals surface area contributed by atoms with Crippen LogP contribution < -0.4 is 10.2 Å². The lowest BCUT2D eigenvalue weighted by atomic mass is 10.0. The van der Waals surface area contributed by atoms with Crippen LogP contribution >= 0.6 is 0 Å². The number of hydrogen-bond acceptors (Lipinski definition) is 4. The molecular weight excluding hydrogens is 258 g/mol. The number of nitrogens with one attached hydrogen (secondary N) is 1. The summed E-state index contributed by atoms with van der Waals surface area (Å²) in [5, 5.41) is 13.6. The number of rotatable bonds is 3. The Bertz CT molecular complexity index is 530. The van der Waals surface area contributed by atoms with Crippen molar-refractivity contribution in [2.75, 3.05) is 16.8 Å². The van der Waals surface area contributed by atoms with Crippen molar-refractivity contribution in [2.45, 2.75) is 39.2 Å². The Hall–Kier alpha value is -2.11. The van der Waals surface area contributed by atoms with E-state index in [1.165, 1.54) is 25.5 Å². The van der Waals surface area contributed by atoms with Crippen LogP contribution in [0.25, 0.3) is 0 Å². The molecule has 1 atom stereocenters. The first-order chi connectivity index (χ1) is 9.49. The summed E-state index contributed by atoms with van der Waals surface area (Å²) in [5.74, 6) is -0.226. The lowest BCUT2D eigenvalue weighted by Gasteiger charge is -2.36. The van der Waals surface area contributed by atoms with Crippen LogP contribution in [0.2, 0.25) is 0 Å². The van der Waals surface area contributed by atoms with Crippen LogP contribution in [-0.2, 0) is 4.79 Å². The van der Waals surface area contributed by atoms with Gasteiger partial charge < -0.3 is 10.2 Å². The molecule has 6 heteroatoms. The highest BCUT2D eigenvalue weighted by Gasteiger charge is 2.22. The van der Waals surface area contributed by atoms with Gasteiger partial charge in [0.25, 0.3) is 5.69 Å². The van der Waals surface area contributed by atoms with Gasteiger partial charge in [-0.1, -0.05) is 0 Å². The lowest BCUT2D eigenvalue weighted by Crippen LogP contribution is -2.38. The van der Waals surface area contributed by atoms with Gasteiger partial charge in [0.05, 0.1) is 16.3 Å². The third-order valence-corrected chi connectivity index (χ3v) is 3.61. The van der Waals surface area contributed by atoms with Gasteiger partial charge in [-0.3, -0.25) is 14.9 Å². The normalized spacial score (nSPS) is 18.7. The van der Waals surface area contributed by atoms with Crippen molar-refractivity contribution < 1.29 is 9.72 Å². The number of carbonyl (C=O) groups excluding carboxylic acids is 1. The number of hydrogen-bond donors (Lipinski definition) is 1. The molecule has 2 rings (SSSR count). The first-order valence-corrected chi connectivity index (χ1v) is 6.81. The second-order valence-electron chi connectivity index (χ2n) is 5.18. The first-order valence-electron chi connectivity index (χ1n) is 6.81. The SMILES string of the molecule is CC(=O)Nc1cc([N+](=O)[O-])ccc1N1CCCCC1C. The average molecular weight is 277 g/mol. The minimum absolute atomic E-state index is 0.0119. The van der Waals surface area contributed by atoms with Gasteiger partial charge in [0, 0.05) is 31.6 Å². The van der Waals surface area contributed by atoms with Gasteiger partial charge in [-0.15, -0.1) is 0 Å². The summed E-state index contributed by atoms with van der Waals surface area (Å²) >= 11 is 0. The quantitative estimate of drug-likeness (QED) is 0.680. The highest BCUT2D eigenvalue weighted by atomic mass is 16.6. The predicted molar refractivity (Wildman–Crippen MR) is 78.1 cm³/mol. The number of benzene rings is 1. The van der Waals surface area contributed by atoms with Crippen molar-refractivity contribution in [3.05, 3.63) is 28.3 Å². The Morgan fingerprint density at radius 1 is 1.45 bits per heavy atom. The molecule has 1 aliphatic heterocycles. The number of amides is 1. The zero-order chi connectivity index (χ0) is 14.7. The minimum atomic E-state index is -0.450.